The highest BCUT2D eigenvalue weighted by molar-refractivity contribution is 6.24. The summed E-state index contributed by atoms with van der Waals surface area (Å²) in [5, 5.41) is 4.78. The number of hydrogen-bond donors (Lipinski definition) is 0. The number of aliphatic imine (C=N–C) groups is 2. The third kappa shape index (κ3) is 4.67. The average Bonchev–Trinajstić information content (AvgIpc) is 3.74. The van der Waals surface area contributed by atoms with Gasteiger partial charge in [-0.3, -0.25) is 9.97 Å². The van der Waals surface area contributed by atoms with Crippen LogP contribution in [0.15, 0.2) is 192 Å². The molecule has 6 nitrogen and oxygen atoms in total. The Hall–Kier alpha value is -7.44. The summed E-state index contributed by atoms with van der Waals surface area (Å²) in [6.07, 6.45) is 7.37. The van der Waals surface area contributed by atoms with Crippen molar-refractivity contribution < 1.29 is 0 Å². The molecule has 0 spiro atoms. The van der Waals surface area contributed by atoms with E-state index in [0.717, 1.165) is 78.5 Å². The first-order valence-electron chi connectivity index (χ1n) is 18.0. The summed E-state index contributed by atoms with van der Waals surface area (Å²) in [5.41, 5.74) is 13.6. The lowest BCUT2D eigenvalue weighted by Crippen LogP contribution is -2.11. The molecule has 0 amide bonds. The van der Waals surface area contributed by atoms with E-state index in [1.54, 1.807) is 12.4 Å². The molecule has 4 aromatic heterocycles. The minimum absolute atomic E-state index is 0.792. The molecule has 11 rings (SSSR count). The van der Waals surface area contributed by atoms with Gasteiger partial charge in [-0.05, 0) is 60.7 Å². The quantitative estimate of drug-likeness (QED) is 0.185. The van der Waals surface area contributed by atoms with E-state index < -0.39 is 0 Å². The number of para-hydroxylation sites is 4. The van der Waals surface area contributed by atoms with Crippen LogP contribution in [0, 0.1) is 0 Å². The first-order valence-corrected chi connectivity index (χ1v) is 18.0. The number of rotatable bonds is 4. The molecule has 0 unspecified atom stereocenters. The maximum absolute atomic E-state index is 5.45. The van der Waals surface area contributed by atoms with Crippen molar-refractivity contribution in [1.82, 2.24) is 19.1 Å². The molecule has 252 valence electrons. The zero-order chi connectivity index (χ0) is 35.6. The second-order valence-electron chi connectivity index (χ2n) is 13.5. The van der Waals surface area contributed by atoms with E-state index in [0.29, 0.717) is 0 Å². The molecule has 0 aliphatic carbocycles. The first-order chi connectivity index (χ1) is 26.8. The fraction of sp³-hybridized carbons (Fsp3) is 0. The maximum atomic E-state index is 5.45. The highest BCUT2D eigenvalue weighted by atomic mass is 15.0. The Bertz CT molecular complexity index is 2940. The lowest BCUT2D eigenvalue weighted by molar-refractivity contribution is 1.18. The molecule has 0 atom stereocenters. The van der Waals surface area contributed by atoms with Crippen LogP contribution in [0.5, 0.6) is 0 Å². The molecule has 0 N–H and O–H groups in total. The predicted octanol–water partition coefficient (Wildman–Crippen LogP) is 11.3. The van der Waals surface area contributed by atoms with Crippen LogP contribution in [0.4, 0.5) is 11.4 Å². The second kappa shape index (κ2) is 12.1. The lowest BCUT2D eigenvalue weighted by atomic mass is 9.96. The van der Waals surface area contributed by atoms with Gasteiger partial charge in [0.25, 0.3) is 0 Å². The molecule has 0 radical (unpaired) electrons. The number of nitrogens with zero attached hydrogens (tertiary/aromatic N) is 6. The van der Waals surface area contributed by atoms with Gasteiger partial charge in [0.1, 0.15) is 0 Å². The highest BCUT2D eigenvalue weighted by Crippen LogP contribution is 2.38. The summed E-state index contributed by atoms with van der Waals surface area (Å²) in [7, 11) is 0. The van der Waals surface area contributed by atoms with Crippen LogP contribution in [0.3, 0.4) is 0 Å². The monoisotopic (exact) mass is 690 g/mol. The Balaban J connectivity index is 1.13. The van der Waals surface area contributed by atoms with Crippen LogP contribution in [0.2, 0.25) is 0 Å². The van der Waals surface area contributed by atoms with Gasteiger partial charge in [-0.1, -0.05) is 97.1 Å². The smallest absolute Gasteiger partial charge is 0.0819 e. The van der Waals surface area contributed by atoms with E-state index in [1.807, 2.05) is 24.5 Å². The molecule has 0 saturated heterocycles. The first kappa shape index (κ1) is 30.2. The van der Waals surface area contributed by atoms with Crippen LogP contribution in [0.25, 0.3) is 55.0 Å². The maximum Gasteiger partial charge on any atom is 0.0819 e. The summed E-state index contributed by atoms with van der Waals surface area (Å²) in [4.78, 5) is 20.1. The molecule has 5 heterocycles. The minimum atomic E-state index is 0.792. The molecule has 1 aliphatic rings. The van der Waals surface area contributed by atoms with Crippen molar-refractivity contribution in [2.45, 2.75) is 0 Å². The number of benzene rings is 6. The van der Waals surface area contributed by atoms with Crippen LogP contribution in [0.1, 0.15) is 22.3 Å². The molecular formula is C48H30N6. The van der Waals surface area contributed by atoms with Gasteiger partial charge in [0.15, 0.2) is 0 Å². The fourth-order valence-electron chi connectivity index (χ4n) is 8.08. The van der Waals surface area contributed by atoms with Gasteiger partial charge in [0.2, 0.25) is 0 Å². The Morgan fingerprint density at radius 1 is 0.352 bits per heavy atom. The van der Waals surface area contributed by atoms with Gasteiger partial charge in [0.05, 0.1) is 44.9 Å². The van der Waals surface area contributed by atoms with E-state index in [9.17, 15) is 0 Å². The summed E-state index contributed by atoms with van der Waals surface area (Å²) in [6, 6.07) is 55.4. The van der Waals surface area contributed by atoms with E-state index in [4.69, 9.17) is 9.98 Å². The van der Waals surface area contributed by atoms with Crippen molar-refractivity contribution in [1.29, 1.82) is 0 Å². The number of aromatic nitrogens is 4. The second-order valence-corrected chi connectivity index (χ2v) is 13.5. The molecule has 0 saturated carbocycles. The molecule has 0 fully saturated rings. The van der Waals surface area contributed by atoms with E-state index in [-0.39, 0.29) is 0 Å². The molecule has 1 aliphatic heterocycles. The number of fused-ring (bicyclic) bond motifs is 8. The summed E-state index contributed by atoms with van der Waals surface area (Å²) in [5.74, 6) is 0. The van der Waals surface area contributed by atoms with Gasteiger partial charge < -0.3 is 9.13 Å². The van der Waals surface area contributed by atoms with Gasteiger partial charge in [-0.15, -0.1) is 0 Å². The fourth-order valence-corrected chi connectivity index (χ4v) is 8.08. The molecule has 6 heteroatoms. The van der Waals surface area contributed by atoms with Gasteiger partial charge in [-0.25, -0.2) is 9.98 Å². The third-order valence-corrected chi connectivity index (χ3v) is 10.5. The third-order valence-electron chi connectivity index (χ3n) is 10.5. The molecule has 10 aromatic rings. The van der Waals surface area contributed by atoms with Gasteiger partial charge >= 0.3 is 0 Å². The lowest BCUT2D eigenvalue weighted by Gasteiger charge is -2.18. The van der Waals surface area contributed by atoms with Gasteiger partial charge in [0, 0.05) is 80.0 Å². The SMILES string of the molecule is c1ccc(-n2c3ccccc3c3ccc(/C4=N/c5ccncc5/C(c5ccc6c7ccccc7n(-c7ccccc7)c6c5)=N\c5ccncc54)cc32)cc1. The molecular weight excluding hydrogens is 661 g/mol. The summed E-state index contributed by atoms with van der Waals surface area (Å²) < 4.78 is 4.67. The average molecular weight is 691 g/mol. The summed E-state index contributed by atoms with van der Waals surface area (Å²) in [6.45, 7) is 0. The van der Waals surface area contributed by atoms with Crippen LogP contribution < -0.4 is 0 Å². The van der Waals surface area contributed by atoms with Gasteiger partial charge in [-0.2, -0.15) is 0 Å². The topological polar surface area (TPSA) is 60.4 Å². The Morgan fingerprint density at radius 2 is 0.759 bits per heavy atom. The standard InChI is InChI=1S/C48H30N6/c1-3-11-33(12-4-1)53-43-17-9-7-15-35(43)37-21-19-31(27-45(37)53)47-39-29-49-25-23-41(39)52-48(40-30-50-26-24-42(40)51-47)32-20-22-38-36-16-8-10-18-44(36)54(46(38)28-32)34-13-5-2-6-14-34/h1-30H/b47-39?,48-40?,51-42?,51-47-,52-41?,52-48-. The Morgan fingerprint density at radius 3 is 1.22 bits per heavy atom. The Labute approximate surface area is 310 Å². The van der Waals surface area contributed by atoms with Crippen molar-refractivity contribution >= 4 is 66.4 Å². The molecule has 6 aromatic carbocycles. The van der Waals surface area contributed by atoms with Crippen molar-refractivity contribution in [3.63, 3.8) is 0 Å². The minimum Gasteiger partial charge on any atom is -0.309 e. The highest BCUT2D eigenvalue weighted by Gasteiger charge is 2.23. The van der Waals surface area contributed by atoms with Crippen LogP contribution in [-0.4, -0.2) is 30.5 Å². The van der Waals surface area contributed by atoms with Crippen molar-refractivity contribution in [2.75, 3.05) is 0 Å². The molecule has 0 bridgehead atoms. The van der Waals surface area contributed by atoms with Crippen molar-refractivity contribution in [2.24, 2.45) is 9.98 Å². The van der Waals surface area contributed by atoms with Crippen LogP contribution >= 0.6 is 0 Å². The van der Waals surface area contributed by atoms with E-state index in [2.05, 4.69) is 165 Å². The van der Waals surface area contributed by atoms with Crippen molar-refractivity contribution in [3.8, 4) is 11.4 Å². The largest absolute Gasteiger partial charge is 0.309 e. The van der Waals surface area contributed by atoms with E-state index in [1.165, 1.54) is 21.5 Å². The zero-order valence-corrected chi connectivity index (χ0v) is 29.0. The zero-order valence-electron chi connectivity index (χ0n) is 29.0. The van der Waals surface area contributed by atoms with Crippen molar-refractivity contribution in [3.05, 3.63) is 205 Å². The Kier molecular flexibility index (Phi) is 6.75. The van der Waals surface area contributed by atoms with Crippen LogP contribution in [-0.2, 0) is 0 Å². The summed E-state index contributed by atoms with van der Waals surface area (Å²) >= 11 is 0. The predicted molar refractivity (Wildman–Crippen MR) is 221 cm³/mol. The normalized spacial score (nSPS) is 14.6. The number of pyridine rings is 2. The molecule has 54 heavy (non-hydrogen) atoms. The van der Waals surface area contributed by atoms with E-state index >= 15 is 0 Å². The number of hydrogen-bond acceptors (Lipinski definition) is 4.